The number of hydrogen-bond acceptors (Lipinski definition) is 2. The lowest BCUT2D eigenvalue weighted by atomic mass is 9.76. The van der Waals surface area contributed by atoms with E-state index in [1.165, 1.54) is 29.2 Å². The van der Waals surface area contributed by atoms with Gasteiger partial charge in [0.25, 0.3) is 0 Å². The van der Waals surface area contributed by atoms with Gasteiger partial charge in [-0.05, 0) is 54.5 Å². The van der Waals surface area contributed by atoms with E-state index in [0.29, 0.717) is 24.2 Å². The van der Waals surface area contributed by atoms with Crippen LogP contribution in [0.4, 0.5) is 0 Å². The molecule has 2 bridgehead atoms. The highest BCUT2D eigenvalue weighted by molar-refractivity contribution is 5.85. The van der Waals surface area contributed by atoms with Crippen LogP contribution in [0.2, 0.25) is 0 Å². The summed E-state index contributed by atoms with van der Waals surface area (Å²) < 4.78 is 0. The van der Waals surface area contributed by atoms with Gasteiger partial charge in [0.05, 0.1) is 0 Å². The zero-order valence-electron chi connectivity index (χ0n) is 14.7. The zero-order chi connectivity index (χ0) is 16.7. The first kappa shape index (κ1) is 15.8. The number of hydrogen-bond donors (Lipinski definition) is 0. The van der Waals surface area contributed by atoms with Gasteiger partial charge in [0.15, 0.2) is 0 Å². The Morgan fingerprint density at radius 1 is 1.12 bits per heavy atom. The van der Waals surface area contributed by atoms with E-state index in [-0.39, 0.29) is 5.92 Å². The van der Waals surface area contributed by atoms with Gasteiger partial charge in [-0.3, -0.25) is 4.79 Å². The summed E-state index contributed by atoms with van der Waals surface area (Å²) in [4.78, 5) is 15.3. The lowest BCUT2D eigenvalue weighted by Gasteiger charge is -2.37. The summed E-state index contributed by atoms with van der Waals surface area (Å²) in [6, 6.07) is 15.8. The maximum absolute atomic E-state index is 12.9. The molecular weight excluding hydrogens is 294 g/mol. The van der Waals surface area contributed by atoms with E-state index in [0.717, 1.165) is 18.9 Å². The Morgan fingerprint density at radius 2 is 1.92 bits per heavy atom. The third kappa shape index (κ3) is 2.67. The van der Waals surface area contributed by atoms with E-state index < -0.39 is 0 Å². The lowest BCUT2D eigenvalue weighted by Crippen LogP contribution is -2.45. The summed E-state index contributed by atoms with van der Waals surface area (Å²) in [5.41, 5.74) is 1.37. The Morgan fingerprint density at radius 3 is 2.67 bits per heavy atom. The van der Waals surface area contributed by atoms with Crippen LogP contribution in [0.25, 0.3) is 10.8 Å². The van der Waals surface area contributed by atoms with Crippen molar-refractivity contribution < 1.29 is 4.79 Å². The molecule has 0 spiro atoms. The molecule has 2 aromatic rings. The number of benzene rings is 2. The number of nitrogens with zero attached hydrogens (tertiary/aromatic N) is 1. The SMILES string of the molecule is CCC(=O)[C@H]1[C@@H](c2ccc3ccccc3c2)C[C@@H]2CC[C@H]1N(C)C2. The van der Waals surface area contributed by atoms with Gasteiger partial charge >= 0.3 is 0 Å². The molecule has 2 aliphatic heterocycles. The molecule has 5 rings (SSSR count). The number of carbonyl (C=O) groups excluding carboxylic acids is 1. The monoisotopic (exact) mass is 321 g/mol. The summed E-state index contributed by atoms with van der Waals surface area (Å²) in [6.45, 7) is 3.18. The molecule has 2 saturated heterocycles. The molecular formula is C22H27NO. The average molecular weight is 321 g/mol. The second kappa shape index (κ2) is 6.33. The van der Waals surface area contributed by atoms with Crippen molar-refractivity contribution in [3.63, 3.8) is 0 Å². The van der Waals surface area contributed by atoms with Crippen molar-refractivity contribution in [1.82, 2.24) is 4.90 Å². The molecule has 0 radical (unpaired) electrons. The third-order valence-electron chi connectivity index (χ3n) is 6.34. The highest BCUT2D eigenvalue weighted by atomic mass is 16.1. The molecule has 4 atom stereocenters. The molecule has 2 heteroatoms. The van der Waals surface area contributed by atoms with Crippen molar-refractivity contribution in [2.24, 2.45) is 11.8 Å². The minimum absolute atomic E-state index is 0.161. The summed E-state index contributed by atoms with van der Waals surface area (Å²) >= 11 is 0. The highest BCUT2D eigenvalue weighted by Gasteiger charge is 2.44. The minimum Gasteiger partial charge on any atom is -0.302 e. The Kier molecular flexibility index (Phi) is 4.17. The van der Waals surface area contributed by atoms with Crippen LogP contribution in [0.15, 0.2) is 42.5 Å². The van der Waals surface area contributed by atoms with Crippen LogP contribution >= 0.6 is 0 Å². The van der Waals surface area contributed by atoms with E-state index in [2.05, 4.69) is 54.4 Å². The minimum atomic E-state index is 0.161. The molecule has 2 aromatic carbocycles. The van der Waals surface area contributed by atoms with Crippen LogP contribution in [0, 0.1) is 11.8 Å². The van der Waals surface area contributed by atoms with E-state index in [4.69, 9.17) is 0 Å². The molecule has 24 heavy (non-hydrogen) atoms. The van der Waals surface area contributed by atoms with Crippen LogP contribution in [-0.4, -0.2) is 30.3 Å². The van der Waals surface area contributed by atoms with Gasteiger partial charge in [0.2, 0.25) is 0 Å². The third-order valence-corrected chi connectivity index (χ3v) is 6.34. The summed E-state index contributed by atoms with van der Waals surface area (Å²) in [5, 5.41) is 2.58. The van der Waals surface area contributed by atoms with E-state index in [9.17, 15) is 4.79 Å². The van der Waals surface area contributed by atoms with Crippen LogP contribution in [0.1, 0.15) is 44.1 Å². The molecule has 0 amide bonds. The fraction of sp³-hybridized carbons (Fsp3) is 0.500. The Labute approximate surface area is 144 Å². The topological polar surface area (TPSA) is 20.3 Å². The Balaban J connectivity index is 1.78. The van der Waals surface area contributed by atoms with Crippen molar-refractivity contribution in [3.05, 3.63) is 48.0 Å². The van der Waals surface area contributed by atoms with Gasteiger partial charge in [-0.2, -0.15) is 0 Å². The number of carbonyl (C=O) groups is 1. The maximum atomic E-state index is 12.9. The van der Waals surface area contributed by atoms with E-state index in [1.807, 2.05) is 6.92 Å². The first-order valence-electron chi connectivity index (χ1n) is 9.39. The molecule has 0 unspecified atom stereocenters. The predicted octanol–water partition coefficient (Wildman–Crippen LogP) is 4.63. The van der Waals surface area contributed by atoms with Crippen molar-refractivity contribution in [1.29, 1.82) is 0 Å². The van der Waals surface area contributed by atoms with E-state index >= 15 is 0 Å². The van der Waals surface area contributed by atoms with E-state index in [1.54, 1.807) is 0 Å². The molecule has 2 nitrogen and oxygen atoms in total. The highest BCUT2D eigenvalue weighted by Crippen LogP contribution is 2.45. The lowest BCUT2D eigenvalue weighted by molar-refractivity contribution is -0.125. The molecule has 2 heterocycles. The summed E-state index contributed by atoms with van der Waals surface area (Å²) in [5.74, 6) is 1.73. The second-order valence-electron chi connectivity index (χ2n) is 7.74. The molecule has 1 saturated carbocycles. The van der Waals surface area contributed by atoms with Gasteiger partial charge in [0.1, 0.15) is 5.78 Å². The van der Waals surface area contributed by atoms with Crippen LogP contribution < -0.4 is 0 Å². The van der Waals surface area contributed by atoms with Gasteiger partial charge in [0, 0.05) is 24.9 Å². The largest absolute Gasteiger partial charge is 0.302 e. The number of piperidine rings is 1. The predicted molar refractivity (Wildman–Crippen MR) is 99.2 cm³/mol. The van der Waals surface area contributed by atoms with Crippen molar-refractivity contribution in [2.45, 2.75) is 44.6 Å². The zero-order valence-corrected chi connectivity index (χ0v) is 14.7. The van der Waals surface area contributed by atoms with Gasteiger partial charge in [-0.25, -0.2) is 0 Å². The number of ketones is 1. The van der Waals surface area contributed by atoms with Gasteiger partial charge in [-0.1, -0.05) is 49.4 Å². The molecule has 0 N–H and O–H groups in total. The Bertz CT molecular complexity index is 752. The van der Waals surface area contributed by atoms with Crippen molar-refractivity contribution in [3.8, 4) is 0 Å². The average Bonchev–Trinajstić information content (AvgIpc) is 2.88. The number of rotatable bonds is 3. The molecule has 3 aliphatic rings. The maximum Gasteiger partial charge on any atom is 0.137 e. The smallest absolute Gasteiger partial charge is 0.137 e. The molecule has 3 fully saturated rings. The Hall–Kier alpha value is -1.67. The molecule has 0 aromatic heterocycles. The van der Waals surface area contributed by atoms with Crippen molar-refractivity contribution in [2.75, 3.05) is 13.6 Å². The fourth-order valence-corrected chi connectivity index (χ4v) is 5.14. The van der Waals surface area contributed by atoms with Crippen LogP contribution in [0.5, 0.6) is 0 Å². The number of fused-ring (bicyclic) bond motifs is 5. The first-order valence-corrected chi connectivity index (χ1v) is 9.39. The van der Waals surface area contributed by atoms with Crippen molar-refractivity contribution >= 4 is 16.6 Å². The standard InChI is InChI=1S/C22H27NO/c1-3-21(24)22-19(12-15-8-11-20(22)23(2)14-15)18-10-9-16-6-4-5-7-17(16)13-18/h4-7,9-10,13,15,19-20,22H,3,8,11-12,14H2,1-2H3/t15-,19+,20+,22-/m0/s1. The van der Waals surface area contributed by atoms with Gasteiger partial charge < -0.3 is 4.90 Å². The fourth-order valence-electron chi connectivity index (χ4n) is 5.14. The van der Waals surface area contributed by atoms with Crippen LogP contribution in [0.3, 0.4) is 0 Å². The van der Waals surface area contributed by atoms with Gasteiger partial charge in [-0.15, -0.1) is 0 Å². The quantitative estimate of drug-likeness (QED) is 0.821. The van der Waals surface area contributed by atoms with Crippen LogP contribution in [-0.2, 0) is 4.79 Å². The number of Topliss-reactive ketones (excluding diaryl/α,β-unsaturated/α-hetero) is 1. The molecule has 126 valence electrons. The normalized spacial score (nSPS) is 30.4. The summed E-state index contributed by atoms with van der Waals surface area (Å²) in [6.07, 6.45) is 4.29. The second-order valence-corrected chi connectivity index (χ2v) is 7.74. The molecule has 1 aliphatic carbocycles. The first-order chi connectivity index (χ1) is 11.7. The summed E-state index contributed by atoms with van der Waals surface area (Å²) in [7, 11) is 2.22.